The lowest BCUT2D eigenvalue weighted by atomic mass is 10.2. The molecule has 6 nitrogen and oxygen atoms in total. The number of hydrogen-bond donors (Lipinski definition) is 2. The van der Waals surface area contributed by atoms with Crippen molar-refractivity contribution in [3.63, 3.8) is 0 Å². The van der Waals surface area contributed by atoms with Crippen LogP contribution in [-0.2, 0) is 16.0 Å². The molecule has 0 atom stereocenters. The molecule has 0 aliphatic heterocycles. The van der Waals surface area contributed by atoms with Gasteiger partial charge in [0.2, 0.25) is 5.91 Å². The number of carbonyl (C=O) groups excluding carboxylic acids is 2. The second kappa shape index (κ2) is 6.51. The molecule has 6 heteroatoms. The van der Waals surface area contributed by atoms with Crippen molar-refractivity contribution in [1.82, 2.24) is 10.2 Å². The van der Waals surface area contributed by atoms with Crippen LogP contribution in [0.3, 0.4) is 0 Å². The maximum atomic E-state index is 11.8. The third-order valence-electron chi connectivity index (χ3n) is 2.59. The van der Waals surface area contributed by atoms with E-state index in [-0.39, 0.29) is 18.3 Å². The molecule has 0 aliphatic carbocycles. The van der Waals surface area contributed by atoms with Crippen LogP contribution in [0.25, 0.3) is 0 Å². The molecule has 2 N–H and O–H groups in total. The molecule has 104 valence electrons. The predicted molar refractivity (Wildman–Crippen MR) is 73.3 cm³/mol. The molecule has 0 radical (unpaired) electrons. The van der Waals surface area contributed by atoms with Crippen molar-refractivity contribution < 1.29 is 14.3 Å². The first-order valence-corrected chi connectivity index (χ1v) is 6.24. The molecule has 2 rings (SSSR count). The molecule has 0 saturated carbocycles. The van der Waals surface area contributed by atoms with Crippen LogP contribution in [-0.4, -0.2) is 28.7 Å². The summed E-state index contributed by atoms with van der Waals surface area (Å²) in [5, 5.41) is 9.23. The molecule has 2 aromatic rings. The van der Waals surface area contributed by atoms with Crippen molar-refractivity contribution in [2.75, 3.05) is 11.9 Å². The summed E-state index contributed by atoms with van der Waals surface area (Å²) < 4.78 is 4.88. The number of hydrogen-bond acceptors (Lipinski definition) is 4. The third kappa shape index (κ3) is 3.68. The van der Waals surface area contributed by atoms with Gasteiger partial charge in [0.05, 0.1) is 18.6 Å². The number of aromatic amines is 1. The number of H-pyrrole nitrogens is 1. The number of nitrogens with zero attached hydrogens (tertiary/aromatic N) is 1. The van der Waals surface area contributed by atoms with Crippen molar-refractivity contribution >= 4 is 17.6 Å². The van der Waals surface area contributed by atoms with Gasteiger partial charge in [-0.15, -0.1) is 0 Å². The van der Waals surface area contributed by atoms with Gasteiger partial charge in [0.25, 0.3) is 0 Å². The van der Waals surface area contributed by atoms with Gasteiger partial charge in [-0.1, -0.05) is 0 Å². The van der Waals surface area contributed by atoms with Crippen LogP contribution in [0.5, 0.6) is 0 Å². The molecule has 0 spiro atoms. The lowest BCUT2D eigenvalue weighted by Crippen LogP contribution is -2.14. The van der Waals surface area contributed by atoms with Crippen LogP contribution >= 0.6 is 0 Å². The van der Waals surface area contributed by atoms with Crippen molar-refractivity contribution in [2.45, 2.75) is 13.3 Å². The summed E-state index contributed by atoms with van der Waals surface area (Å²) in [5.41, 5.74) is 1.83. The van der Waals surface area contributed by atoms with Crippen LogP contribution in [0, 0.1) is 0 Å². The van der Waals surface area contributed by atoms with Gasteiger partial charge in [0.15, 0.2) is 0 Å². The Labute approximate surface area is 116 Å². The Morgan fingerprint density at radius 1 is 1.25 bits per heavy atom. The van der Waals surface area contributed by atoms with Gasteiger partial charge in [0, 0.05) is 17.6 Å². The van der Waals surface area contributed by atoms with Crippen LogP contribution in [0.2, 0.25) is 0 Å². The van der Waals surface area contributed by atoms with E-state index in [2.05, 4.69) is 15.5 Å². The van der Waals surface area contributed by atoms with E-state index in [1.807, 2.05) is 0 Å². The molecule has 1 aromatic heterocycles. The lowest BCUT2D eigenvalue weighted by molar-refractivity contribution is -0.115. The van der Waals surface area contributed by atoms with Gasteiger partial charge in [-0.25, -0.2) is 4.79 Å². The van der Waals surface area contributed by atoms with Gasteiger partial charge in [-0.3, -0.25) is 9.89 Å². The summed E-state index contributed by atoms with van der Waals surface area (Å²) in [6.07, 6.45) is 1.82. The molecule has 1 heterocycles. The molecule has 0 aliphatic rings. The zero-order chi connectivity index (χ0) is 14.4. The van der Waals surface area contributed by atoms with Gasteiger partial charge < -0.3 is 10.1 Å². The number of rotatable bonds is 5. The molecule has 1 amide bonds. The van der Waals surface area contributed by atoms with E-state index < -0.39 is 0 Å². The highest BCUT2D eigenvalue weighted by Gasteiger charge is 2.08. The molecule has 0 fully saturated rings. The number of ether oxygens (including phenoxy) is 1. The Morgan fingerprint density at radius 3 is 2.60 bits per heavy atom. The highest BCUT2D eigenvalue weighted by atomic mass is 16.5. The number of anilines is 1. The van der Waals surface area contributed by atoms with E-state index in [1.54, 1.807) is 43.5 Å². The maximum Gasteiger partial charge on any atom is 0.338 e. The second-order valence-electron chi connectivity index (χ2n) is 4.10. The van der Waals surface area contributed by atoms with Crippen LogP contribution in [0.1, 0.15) is 23.0 Å². The first-order valence-electron chi connectivity index (χ1n) is 6.24. The average molecular weight is 273 g/mol. The van der Waals surface area contributed by atoms with E-state index in [0.29, 0.717) is 17.9 Å². The number of esters is 1. The Kier molecular flexibility index (Phi) is 4.49. The summed E-state index contributed by atoms with van der Waals surface area (Å²) in [4.78, 5) is 23.2. The lowest BCUT2D eigenvalue weighted by Gasteiger charge is -2.06. The molecule has 1 aromatic carbocycles. The standard InChI is InChI=1S/C14H15N3O3/c1-2-20-14(19)10-3-5-11(6-4-10)16-13(18)9-12-7-8-15-17-12/h3-8H,2,9H2,1H3,(H,15,17)(H,16,18). The predicted octanol–water partition coefficient (Wildman–Crippen LogP) is 1.77. The molecular formula is C14H15N3O3. The summed E-state index contributed by atoms with van der Waals surface area (Å²) in [6, 6.07) is 8.30. The normalized spacial score (nSPS) is 10.1. The average Bonchev–Trinajstić information content (AvgIpc) is 2.92. The van der Waals surface area contributed by atoms with Crippen LogP contribution in [0.4, 0.5) is 5.69 Å². The van der Waals surface area contributed by atoms with Crippen molar-refractivity contribution in [3.8, 4) is 0 Å². The molecule has 20 heavy (non-hydrogen) atoms. The minimum atomic E-state index is -0.372. The maximum absolute atomic E-state index is 11.8. The topological polar surface area (TPSA) is 84.1 Å². The number of benzene rings is 1. The molecule has 0 unspecified atom stereocenters. The van der Waals surface area contributed by atoms with Gasteiger partial charge in [0.1, 0.15) is 0 Å². The fourth-order valence-electron chi connectivity index (χ4n) is 1.67. The number of aromatic nitrogens is 2. The smallest absolute Gasteiger partial charge is 0.338 e. The minimum absolute atomic E-state index is 0.155. The monoisotopic (exact) mass is 273 g/mol. The molecule has 0 saturated heterocycles. The highest BCUT2D eigenvalue weighted by molar-refractivity contribution is 5.93. The fraction of sp³-hybridized carbons (Fsp3) is 0.214. The highest BCUT2D eigenvalue weighted by Crippen LogP contribution is 2.11. The van der Waals surface area contributed by atoms with E-state index in [1.165, 1.54) is 0 Å². The SMILES string of the molecule is CCOC(=O)c1ccc(NC(=O)Cc2ccn[nH]2)cc1. The van der Waals surface area contributed by atoms with Crippen molar-refractivity contribution in [1.29, 1.82) is 0 Å². The van der Waals surface area contributed by atoms with E-state index in [0.717, 1.165) is 5.69 Å². The number of nitrogens with one attached hydrogen (secondary N) is 2. The summed E-state index contributed by atoms with van der Waals surface area (Å²) in [6.45, 7) is 2.09. The van der Waals surface area contributed by atoms with E-state index >= 15 is 0 Å². The van der Waals surface area contributed by atoms with E-state index in [4.69, 9.17) is 4.74 Å². The zero-order valence-electron chi connectivity index (χ0n) is 11.1. The fourth-order valence-corrected chi connectivity index (χ4v) is 1.67. The van der Waals surface area contributed by atoms with Crippen LogP contribution in [0.15, 0.2) is 36.5 Å². The Bertz CT molecular complexity index is 576. The first-order chi connectivity index (χ1) is 9.69. The molecule has 0 bridgehead atoms. The summed E-state index contributed by atoms with van der Waals surface area (Å²) >= 11 is 0. The second-order valence-corrected chi connectivity index (χ2v) is 4.10. The first kappa shape index (κ1) is 13.8. The number of carbonyl (C=O) groups is 2. The Hall–Kier alpha value is -2.63. The Morgan fingerprint density at radius 2 is 2.00 bits per heavy atom. The zero-order valence-corrected chi connectivity index (χ0v) is 11.1. The summed E-state index contributed by atoms with van der Waals surface area (Å²) in [5.74, 6) is -0.527. The van der Waals surface area contributed by atoms with Crippen LogP contribution < -0.4 is 5.32 Å². The Balaban J connectivity index is 1.93. The third-order valence-corrected chi connectivity index (χ3v) is 2.59. The van der Waals surface area contributed by atoms with Gasteiger partial charge >= 0.3 is 5.97 Å². The minimum Gasteiger partial charge on any atom is -0.462 e. The van der Waals surface area contributed by atoms with E-state index in [9.17, 15) is 9.59 Å². The molecular weight excluding hydrogens is 258 g/mol. The van der Waals surface area contributed by atoms with Crippen molar-refractivity contribution in [2.24, 2.45) is 0 Å². The largest absolute Gasteiger partial charge is 0.462 e. The quantitative estimate of drug-likeness (QED) is 0.813. The number of amides is 1. The summed E-state index contributed by atoms with van der Waals surface area (Å²) in [7, 11) is 0. The van der Waals surface area contributed by atoms with Gasteiger partial charge in [-0.05, 0) is 37.3 Å². The van der Waals surface area contributed by atoms with Gasteiger partial charge in [-0.2, -0.15) is 5.10 Å². The van der Waals surface area contributed by atoms with Crippen molar-refractivity contribution in [3.05, 3.63) is 47.8 Å².